The van der Waals surface area contributed by atoms with Crippen molar-refractivity contribution >= 4 is 46.2 Å². The number of amides is 2. The molecule has 1 fully saturated rings. The van der Waals surface area contributed by atoms with Crippen molar-refractivity contribution in [1.29, 1.82) is 0 Å². The zero-order chi connectivity index (χ0) is 25.3. The van der Waals surface area contributed by atoms with E-state index in [1.807, 2.05) is 79.7 Å². The highest BCUT2D eigenvalue weighted by molar-refractivity contribution is 8.18. The van der Waals surface area contributed by atoms with Crippen LogP contribution < -0.4 is 10.1 Å². The highest BCUT2D eigenvalue weighted by Gasteiger charge is 2.33. The molecule has 1 aliphatic heterocycles. The van der Waals surface area contributed by atoms with Crippen LogP contribution in [0.3, 0.4) is 0 Å². The molecular formula is C28H27N3O4S. The molecule has 0 saturated carbocycles. The van der Waals surface area contributed by atoms with E-state index in [0.717, 1.165) is 22.5 Å². The van der Waals surface area contributed by atoms with Gasteiger partial charge in [-0.05, 0) is 66.7 Å². The van der Waals surface area contributed by atoms with Gasteiger partial charge in [0.1, 0.15) is 5.75 Å². The SMILES string of the molecule is COCCN1C(=O)/C(=C/c2ccc(OCC(=O)Nc3ccc(C)cc3)cc2)SC1=Nc1ccccc1. The van der Waals surface area contributed by atoms with E-state index < -0.39 is 0 Å². The first-order valence-electron chi connectivity index (χ1n) is 11.5. The number of methoxy groups -OCH3 is 1. The molecule has 0 bridgehead atoms. The van der Waals surface area contributed by atoms with Crippen LogP contribution in [0.2, 0.25) is 0 Å². The van der Waals surface area contributed by atoms with Crippen LogP contribution in [0, 0.1) is 6.92 Å². The first-order valence-corrected chi connectivity index (χ1v) is 12.3. The monoisotopic (exact) mass is 501 g/mol. The van der Waals surface area contributed by atoms with Gasteiger partial charge in [0.25, 0.3) is 11.8 Å². The fourth-order valence-electron chi connectivity index (χ4n) is 3.38. The molecule has 0 atom stereocenters. The summed E-state index contributed by atoms with van der Waals surface area (Å²) < 4.78 is 10.8. The maximum absolute atomic E-state index is 13.1. The molecule has 7 nitrogen and oxygen atoms in total. The Balaban J connectivity index is 1.40. The maximum atomic E-state index is 13.1. The van der Waals surface area contributed by atoms with Gasteiger partial charge in [-0.15, -0.1) is 0 Å². The number of carbonyl (C=O) groups excluding carboxylic acids is 2. The van der Waals surface area contributed by atoms with E-state index in [-0.39, 0.29) is 18.4 Å². The van der Waals surface area contributed by atoms with E-state index in [0.29, 0.717) is 29.0 Å². The van der Waals surface area contributed by atoms with Crippen LogP contribution in [0.1, 0.15) is 11.1 Å². The molecule has 3 aromatic carbocycles. The van der Waals surface area contributed by atoms with Gasteiger partial charge in [-0.25, -0.2) is 4.99 Å². The van der Waals surface area contributed by atoms with Gasteiger partial charge in [0, 0.05) is 12.8 Å². The van der Waals surface area contributed by atoms with Crippen molar-refractivity contribution in [2.24, 2.45) is 4.99 Å². The summed E-state index contributed by atoms with van der Waals surface area (Å²) in [7, 11) is 1.61. The fourth-order valence-corrected chi connectivity index (χ4v) is 4.40. The third kappa shape index (κ3) is 6.84. The summed E-state index contributed by atoms with van der Waals surface area (Å²) in [5.74, 6) is 0.217. The van der Waals surface area contributed by atoms with Crippen LogP contribution in [0.25, 0.3) is 6.08 Å². The van der Waals surface area contributed by atoms with Gasteiger partial charge in [0.05, 0.1) is 23.7 Å². The summed E-state index contributed by atoms with van der Waals surface area (Å²) in [5.41, 5.74) is 3.48. The van der Waals surface area contributed by atoms with Crippen molar-refractivity contribution in [2.75, 3.05) is 32.2 Å². The number of thioether (sulfide) groups is 1. The molecule has 0 unspecified atom stereocenters. The molecule has 0 aliphatic carbocycles. The zero-order valence-electron chi connectivity index (χ0n) is 20.1. The number of amidine groups is 1. The predicted molar refractivity (Wildman–Crippen MR) is 144 cm³/mol. The first-order chi connectivity index (χ1) is 17.5. The average molecular weight is 502 g/mol. The zero-order valence-corrected chi connectivity index (χ0v) is 21.0. The number of carbonyl (C=O) groups is 2. The van der Waals surface area contributed by atoms with Gasteiger partial charge < -0.3 is 14.8 Å². The van der Waals surface area contributed by atoms with E-state index in [2.05, 4.69) is 10.3 Å². The number of rotatable bonds is 9. The molecular weight excluding hydrogens is 474 g/mol. The van der Waals surface area contributed by atoms with Crippen molar-refractivity contribution in [1.82, 2.24) is 4.90 Å². The summed E-state index contributed by atoms with van der Waals surface area (Å²) in [6, 6.07) is 24.4. The topological polar surface area (TPSA) is 80.2 Å². The minimum absolute atomic E-state index is 0.101. The molecule has 1 heterocycles. The lowest BCUT2D eigenvalue weighted by Crippen LogP contribution is -2.32. The second kappa shape index (κ2) is 12.2. The Morgan fingerprint density at radius 2 is 1.75 bits per heavy atom. The summed E-state index contributed by atoms with van der Waals surface area (Å²) in [5, 5.41) is 3.42. The molecule has 4 rings (SSSR count). The molecule has 8 heteroatoms. The third-order valence-electron chi connectivity index (χ3n) is 5.27. The minimum atomic E-state index is -0.237. The lowest BCUT2D eigenvalue weighted by Gasteiger charge is -2.14. The maximum Gasteiger partial charge on any atom is 0.266 e. The van der Waals surface area contributed by atoms with E-state index in [9.17, 15) is 9.59 Å². The first kappa shape index (κ1) is 25.2. The standard InChI is InChI=1S/C28H27N3O4S/c1-20-8-12-23(13-9-20)29-26(32)19-35-24-14-10-21(11-15-24)18-25-27(33)31(16-17-34-2)28(36-25)30-22-6-4-3-5-7-22/h3-15,18H,16-17,19H2,1-2H3,(H,29,32)/b25-18-,30-28?. The number of para-hydroxylation sites is 1. The molecule has 0 aromatic heterocycles. The molecule has 2 amide bonds. The van der Waals surface area contributed by atoms with E-state index >= 15 is 0 Å². The van der Waals surface area contributed by atoms with E-state index in [4.69, 9.17) is 9.47 Å². The fraction of sp³-hybridized carbons (Fsp3) is 0.179. The summed E-state index contributed by atoms with van der Waals surface area (Å²) in [6.07, 6.45) is 1.83. The van der Waals surface area contributed by atoms with Gasteiger partial charge in [-0.2, -0.15) is 0 Å². The molecule has 1 N–H and O–H groups in total. The number of benzene rings is 3. The van der Waals surface area contributed by atoms with Crippen LogP contribution in [0.15, 0.2) is 88.8 Å². The van der Waals surface area contributed by atoms with Crippen LogP contribution in [-0.2, 0) is 14.3 Å². The van der Waals surface area contributed by atoms with Crippen LogP contribution in [-0.4, -0.2) is 48.8 Å². The van der Waals surface area contributed by atoms with Gasteiger partial charge in [-0.1, -0.05) is 48.0 Å². The second-order valence-electron chi connectivity index (χ2n) is 8.06. The van der Waals surface area contributed by atoms with Crippen LogP contribution >= 0.6 is 11.8 Å². The Bertz CT molecular complexity index is 1260. The predicted octanol–water partition coefficient (Wildman–Crippen LogP) is 5.26. The number of aryl methyl sites for hydroxylation is 1. The van der Waals surface area contributed by atoms with Gasteiger partial charge in [0.15, 0.2) is 11.8 Å². The normalized spacial score (nSPS) is 15.5. The molecule has 0 radical (unpaired) electrons. The van der Waals surface area contributed by atoms with Crippen LogP contribution in [0.4, 0.5) is 11.4 Å². The Morgan fingerprint density at radius 1 is 1.03 bits per heavy atom. The number of hydrogen-bond donors (Lipinski definition) is 1. The van der Waals surface area contributed by atoms with Crippen LogP contribution in [0.5, 0.6) is 5.75 Å². The number of hydrogen-bond acceptors (Lipinski definition) is 6. The minimum Gasteiger partial charge on any atom is -0.484 e. The Morgan fingerprint density at radius 3 is 2.44 bits per heavy atom. The highest BCUT2D eigenvalue weighted by Crippen LogP contribution is 2.34. The van der Waals surface area contributed by atoms with Crippen molar-refractivity contribution in [3.8, 4) is 5.75 Å². The lowest BCUT2D eigenvalue weighted by molar-refractivity contribution is -0.122. The quantitative estimate of drug-likeness (QED) is 0.405. The van der Waals surface area contributed by atoms with Gasteiger partial charge in [0.2, 0.25) is 0 Å². The molecule has 1 saturated heterocycles. The largest absolute Gasteiger partial charge is 0.484 e. The molecule has 184 valence electrons. The summed E-state index contributed by atoms with van der Waals surface area (Å²) in [4.78, 5) is 32.1. The van der Waals surface area contributed by atoms with Crippen molar-refractivity contribution in [2.45, 2.75) is 6.92 Å². The number of nitrogens with zero attached hydrogens (tertiary/aromatic N) is 2. The van der Waals surface area contributed by atoms with Gasteiger partial charge >= 0.3 is 0 Å². The van der Waals surface area contributed by atoms with Gasteiger partial charge in [-0.3, -0.25) is 14.5 Å². The van der Waals surface area contributed by atoms with E-state index in [1.54, 1.807) is 24.1 Å². The molecule has 36 heavy (non-hydrogen) atoms. The smallest absolute Gasteiger partial charge is 0.266 e. The average Bonchev–Trinajstić information content (AvgIpc) is 3.17. The number of aliphatic imine (C=N–C) groups is 1. The van der Waals surface area contributed by atoms with Crippen molar-refractivity contribution in [3.05, 3.63) is 94.9 Å². The van der Waals surface area contributed by atoms with E-state index in [1.165, 1.54) is 11.8 Å². The number of anilines is 1. The summed E-state index contributed by atoms with van der Waals surface area (Å²) in [6.45, 7) is 2.72. The Hall–Kier alpha value is -3.88. The number of ether oxygens (including phenoxy) is 2. The highest BCUT2D eigenvalue weighted by atomic mass is 32.2. The third-order valence-corrected chi connectivity index (χ3v) is 6.28. The number of nitrogens with one attached hydrogen (secondary N) is 1. The Kier molecular flexibility index (Phi) is 8.54. The second-order valence-corrected chi connectivity index (χ2v) is 9.07. The van der Waals surface area contributed by atoms with Crippen molar-refractivity contribution in [3.63, 3.8) is 0 Å². The molecule has 3 aromatic rings. The lowest BCUT2D eigenvalue weighted by atomic mass is 10.2. The summed E-state index contributed by atoms with van der Waals surface area (Å²) >= 11 is 1.33. The Labute approximate surface area is 214 Å². The molecule has 1 aliphatic rings. The van der Waals surface area contributed by atoms with Crippen molar-refractivity contribution < 1.29 is 19.1 Å². The molecule has 0 spiro atoms.